The van der Waals surface area contributed by atoms with Gasteiger partial charge in [-0.15, -0.1) is 0 Å². The molecule has 1 fully saturated rings. The number of halogens is 2. The molecule has 2 heterocycles. The number of hydrogen-bond donors (Lipinski definition) is 1. The Morgan fingerprint density at radius 2 is 1.64 bits per heavy atom. The van der Waals surface area contributed by atoms with Crippen LogP contribution in [-0.2, 0) is 14.3 Å². The monoisotopic (exact) mass is 594 g/mol. The maximum atomic E-state index is 13.4. The number of anilines is 3. The fourth-order valence-electron chi connectivity index (χ4n) is 4.36. The van der Waals surface area contributed by atoms with Crippen LogP contribution in [0.1, 0.15) is 5.56 Å². The molecule has 42 heavy (non-hydrogen) atoms. The predicted octanol–water partition coefficient (Wildman–Crippen LogP) is 5.25. The number of thioether (sulfide) groups is 1. The molecule has 2 aliphatic rings. The van der Waals surface area contributed by atoms with Crippen molar-refractivity contribution in [3.63, 3.8) is 0 Å². The minimum absolute atomic E-state index is 0.0176. The number of amidine groups is 1. The quantitative estimate of drug-likeness (QED) is 0.339. The van der Waals surface area contributed by atoms with Crippen molar-refractivity contribution in [3.05, 3.63) is 84.1 Å². The number of rotatable bonds is 9. The summed E-state index contributed by atoms with van der Waals surface area (Å²) in [5.74, 6) is -0.0860. The number of morpholine rings is 1. The second-order valence-electron chi connectivity index (χ2n) is 9.19. The Hall–Kier alpha value is -4.42. The average molecular weight is 595 g/mol. The van der Waals surface area contributed by atoms with E-state index in [1.54, 1.807) is 37.5 Å². The summed E-state index contributed by atoms with van der Waals surface area (Å²) < 4.78 is 40.3. The second kappa shape index (κ2) is 13.5. The maximum Gasteiger partial charge on any atom is 0.387 e. The van der Waals surface area contributed by atoms with Gasteiger partial charge in [0.15, 0.2) is 5.17 Å². The highest BCUT2D eigenvalue weighted by molar-refractivity contribution is 8.14. The Kier molecular flexibility index (Phi) is 9.35. The zero-order valence-corrected chi connectivity index (χ0v) is 23.5. The van der Waals surface area contributed by atoms with Crippen molar-refractivity contribution in [2.45, 2.75) is 6.61 Å². The molecule has 218 valence electrons. The van der Waals surface area contributed by atoms with Crippen LogP contribution in [0.15, 0.2) is 83.5 Å². The molecular weight excluding hydrogens is 566 g/mol. The van der Waals surface area contributed by atoms with Crippen LogP contribution in [0.5, 0.6) is 11.5 Å². The van der Waals surface area contributed by atoms with E-state index in [9.17, 15) is 18.4 Å². The van der Waals surface area contributed by atoms with Crippen LogP contribution in [0.2, 0.25) is 0 Å². The molecule has 0 aromatic heterocycles. The highest BCUT2D eigenvalue weighted by Crippen LogP contribution is 2.31. The number of methoxy groups -OCH3 is 1. The van der Waals surface area contributed by atoms with E-state index in [2.05, 4.69) is 19.9 Å². The van der Waals surface area contributed by atoms with E-state index in [4.69, 9.17) is 9.47 Å². The summed E-state index contributed by atoms with van der Waals surface area (Å²) in [6.45, 7) is 0.0330. The summed E-state index contributed by atoms with van der Waals surface area (Å²) in [6, 6.07) is 20.4. The lowest BCUT2D eigenvalue weighted by Crippen LogP contribution is -2.36. The molecule has 0 radical (unpaired) electrons. The third kappa shape index (κ3) is 7.25. The van der Waals surface area contributed by atoms with Gasteiger partial charge in [0.1, 0.15) is 17.2 Å². The van der Waals surface area contributed by atoms with Crippen molar-refractivity contribution >= 4 is 51.9 Å². The Labute approximate surface area is 245 Å². The third-order valence-corrected chi connectivity index (χ3v) is 7.37. The van der Waals surface area contributed by atoms with Crippen LogP contribution < -0.4 is 24.6 Å². The normalized spacial score (nSPS) is 16.1. The number of aliphatic imine (C=N–C) groups is 1. The minimum atomic E-state index is -2.97. The molecule has 0 aliphatic carbocycles. The Bertz CT molecular complexity index is 1460. The van der Waals surface area contributed by atoms with E-state index < -0.39 is 12.5 Å². The first-order valence-electron chi connectivity index (χ1n) is 13.1. The van der Waals surface area contributed by atoms with Gasteiger partial charge in [-0.25, -0.2) is 4.99 Å². The van der Waals surface area contributed by atoms with Crippen molar-refractivity contribution in [1.82, 2.24) is 0 Å². The Morgan fingerprint density at radius 1 is 1.00 bits per heavy atom. The maximum absolute atomic E-state index is 13.4. The molecule has 0 saturated carbocycles. The van der Waals surface area contributed by atoms with Gasteiger partial charge in [-0.3, -0.25) is 14.5 Å². The van der Waals surface area contributed by atoms with Crippen LogP contribution in [0.4, 0.5) is 25.8 Å². The molecule has 5 rings (SSSR count). The lowest BCUT2D eigenvalue weighted by atomic mass is 10.2. The summed E-state index contributed by atoms with van der Waals surface area (Å²) in [5.41, 5.74) is 2.99. The van der Waals surface area contributed by atoms with Crippen LogP contribution in [0.25, 0.3) is 6.08 Å². The fraction of sp³-hybridized carbons (Fsp3) is 0.233. The van der Waals surface area contributed by atoms with Gasteiger partial charge in [0, 0.05) is 24.5 Å². The van der Waals surface area contributed by atoms with Gasteiger partial charge in [0.25, 0.3) is 5.91 Å². The van der Waals surface area contributed by atoms with Gasteiger partial charge in [0.05, 0.1) is 31.8 Å². The van der Waals surface area contributed by atoms with Crippen molar-refractivity contribution in [2.75, 3.05) is 54.3 Å². The molecule has 3 aromatic rings. The number of carbonyl (C=O) groups excluding carboxylic acids is 2. The van der Waals surface area contributed by atoms with Crippen molar-refractivity contribution in [1.29, 1.82) is 0 Å². The molecule has 0 atom stereocenters. The van der Waals surface area contributed by atoms with E-state index in [0.717, 1.165) is 36.1 Å². The van der Waals surface area contributed by atoms with Crippen molar-refractivity contribution in [3.8, 4) is 11.5 Å². The van der Waals surface area contributed by atoms with Gasteiger partial charge >= 0.3 is 6.61 Å². The second-order valence-corrected chi connectivity index (χ2v) is 10.1. The molecule has 9 nitrogen and oxygen atoms in total. The highest BCUT2D eigenvalue weighted by Gasteiger charge is 2.32. The summed E-state index contributed by atoms with van der Waals surface area (Å²) in [7, 11) is 1.56. The summed E-state index contributed by atoms with van der Waals surface area (Å²) in [6.07, 6.45) is 1.63. The molecule has 1 saturated heterocycles. The minimum Gasteiger partial charge on any atom is -0.497 e. The smallest absolute Gasteiger partial charge is 0.387 e. The lowest BCUT2D eigenvalue weighted by Gasteiger charge is -2.28. The molecule has 3 aromatic carbocycles. The number of amides is 2. The first-order valence-corrected chi connectivity index (χ1v) is 14.1. The van der Waals surface area contributed by atoms with E-state index in [1.165, 1.54) is 29.2 Å². The number of hydrogen-bond acceptors (Lipinski definition) is 8. The molecule has 1 N–H and O–H groups in total. The topological polar surface area (TPSA) is 92.7 Å². The summed E-state index contributed by atoms with van der Waals surface area (Å²) >= 11 is 1.09. The molecule has 2 aliphatic heterocycles. The van der Waals surface area contributed by atoms with Crippen LogP contribution in [0, 0.1) is 0 Å². The first kappa shape index (κ1) is 29.1. The third-order valence-electron chi connectivity index (χ3n) is 6.43. The SMILES string of the molecule is COc1ccc(/C=C2/N=C(SCC(=O)Nc3ccc(N4CCOCC4)cc3)N(c3ccc(OC(F)F)cc3)C2=O)cc1. The number of alkyl halides is 2. The summed E-state index contributed by atoms with van der Waals surface area (Å²) in [4.78, 5) is 34.4. The van der Waals surface area contributed by atoms with Crippen LogP contribution >= 0.6 is 11.8 Å². The number of ether oxygens (including phenoxy) is 3. The molecule has 12 heteroatoms. The van der Waals surface area contributed by atoms with Gasteiger partial charge in [-0.2, -0.15) is 8.78 Å². The first-order chi connectivity index (χ1) is 20.4. The highest BCUT2D eigenvalue weighted by atomic mass is 32.2. The van der Waals surface area contributed by atoms with E-state index in [1.807, 2.05) is 24.3 Å². The van der Waals surface area contributed by atoms with Crippen molar-refractivity contribution in [2.24, 2.45) is 4.99 Å². The molecular formula is C30H28F2N4O5S. The number of nitrogens with zero attached hydrogens (tertiary/aromatic N) is 3. The molecule has 0 bridgehead atoms. The fourth-order valence-corrected chi connectivity index (χ4v) is 5.17. The van der Waals surface area contributed by atoms with Crippen LogP contribution in [0.3, 0.4) is 0 Å². The standard InChI is InChI=1S/C30H28F2N4O5S/c1-39-24-10-2-20(3-11-24)18-26-28(38)36(23-8-12-25(13-9-23)41-29(31)32)30(34-26)42-19-27(37)33-21-4-6-22(7-5-21)35-14-16-40-17-15-35/h2-13,18,29H,14-17,19H2,1H3,(H,33,37)/b26-18+. The van der Waals surface area contributed by atoms with E-state index >= 15 is 0 Å². The average Bonchev–Trinajstić information content (AvgIpc) is 3.31. The van der Waals surface area contributed by atoms with E-state index in [0.29, 0.717) is 30.3 Å². The van der Waals surface area contributed by atoms with E-state index in [-0.39, 0.29) is 28.3 Å². The number of benzene rings is 3. The molecule has 0 unspecified atom stereocenters. The zero-order chi connectivity index (χ0) is 29.5. The van der Waals surface area contributed by atoms with Gasteiger partial charge < -0.3 is 24.4 Å². The summed E-state index contributed by atoms with van der Waals surface area (Å²) in [5, 5.41) is 3.15. The van der Waals surface area contributed by atoms with Gasteiger partial charge in [-0.05, 0) is 72.3 Å². The van der Waals surface area contributed by atoms with Gasteiger partial charge in [0.2, 0.25) is 5.91 Å². The predicted molar refractivity (Wildman–Crippen MR) is 160 cm³/mol. The van der Waals surface area contributed by atoms with Crippen LogP contribution in [-0.4, -0.2) is 62.8 Å². The molecule has 2 amide bonds. The lowest BCUT2D eigenvalue weighted by molar-refractivity contribution is -0.114. The van der Waals surface area contributed by atoms with Crippen molar-refractivity contribution < 1.29 is 32.6 Å². The Balaban J connectivity index is 1.30. The zero-order valence-electron chi connectivity index (χ0n) is 22.7. The van der Waals surface area contributed by atoms with Gasteiger partial charge in [-0.1, -0.05) is 23.9 Å². The number of nitrogens with one attached hydrogen (secondary N) is 1. The number of carbonyl (C=O) groups is 2. The Morgan fingerprint density at radius 3 is 2.29 bits per heavy atom. The molecule has 0 spiro atoms. The largest absolute Gasteiger partial charge is 0.497 e.